The molecular formula is C22H19NO4. The molecule has 0 bridgehead atoms. The number of ether oxygens (including phenoxy) is 1. The van der Waals surface area contributed by atoms with Gasteiger partial charge in [-0.2, -0.15) is 0 Å². The fourth-order valence-corrected chi connectivity index (χ4v) is 3.16. The van der Waals surface area contributed by atoms with E-state index in [-0.39, 0.29) is 11.7 Å². The van der Waals surface area contributed by atoms with E-state index in [0.717, 1.165) is 22.3 Å². The highest BCUT2D eigenvalue weighted by Gasteiger charge is 2.24. The van der Waals surface area contributed by atoms with E-state index in [2.05, 4.69) is 5.32 Å². The van der Waals surface area contributed by atoms with Crippen LogP contribution in [0, 0.1) is 6.92 Å². The molecule has 27 heavy (non-hydrogen) atoms. The lowest BCUT2D eigenvalue weighted by molar-refractivity contribution is 0.0912. The first kappa shape index (κ1) is 17.0. The number of methoxy groups -OCH3 is 1. The van der Waals surface area contributed by atoms with E-state index in [1.54, 1.807) is 25.5 Å². The molecule has 5 nitrogen and oxygen atoms in total. The predicted octanol–water partition coefficient (Wildman–Crippen LogP) is 4.86. The zero-order valence-corrected chi connectivity index (χ0v) is 15.1. The summed E-state index contributed by atoms with van der Waals surface area (Å²) >= 11 is 0. The van der Waals surface area contributed by atoms with Crippen LogP contribution < -0.4 is 10.1 Å². The highest BCUT2D eigenvalue weighted by atomic mass is 16.5. The molecule has 2 aromatic heterocycles. The molecule has 0 saturated carbocycles. The van der Waals surface area contributed by atoms with Crippen LogP contribution in [-0.4, -0.2) is 13.0 Å². The molecule has 0 aliphatic heterocycles. The summed E-state index contributed by atoms with van der Waals surface area (Å²) in [5, 5.41) is 3.88. The maximum absolute atomic E-state index is 13.0. The molecule has 0 unspecified atom stereocenters. The highest BCUT2D eigenvalue weighted by Crippen LogP contribution is 2.30. The van der Waals surface area contributed by atoms with Crippen LogP contribution in [0.1, 0.15) is 33.5 Å². The Balaban J connectivity index is 1.69. The Hall–Kier alpha value is -3.47. The molecule has 5 heteroatoms. The number of benzene rings is 2. The maximum atomic E-state index is 13.0. The first-order chi connectivity index (χ1) is 13.2. The SMILES string of the molecule is COc1ccc2oc(C(=O)N[C@H](c3ccccc3)c3ccco3)c(C)c2c1. The molecule has 2 heterocycles. The van der Waals surface area contributed by atoms with Crippen molar-refractivity contribution < 1.29 is 18.4 Å². The van der Waals surface area contributed by atoms with Gasteiger partial charge in [-0.3, -0.25) is 4.79 Å². The van der Waals surface area contributed by atoms with Crippen LogP contribution >= 0.6 is 0 Å². The van der Waals surface area contributed by atoms with Gasteiger partial charge in [-0.1, -0.05) is 30.3 Å². The summed E-state index contributed by atoms with van der Waals surface area (Å²) in [6.07, 6.45) is 1.59. The Morgan fingerprint density at radius 3 is 2.59 bits per heavy atom. The number of hydrogen-bond donors (Lipinski definition) is 1. The van der Waals surface area contributed by atoms with Gasteiger partial charge in [-0.25, -0.2) is 0 Å². The van der Waals surface area contributed by atoms with Crippen molar-refractivity contribution in [1.82, 2.24) is 5.32 Å². The van der Waals surface area contributed by atoms with Gasteiger partial charge in [-0.05, 0) is 42.8 Å². The van der Waals surface area contributed by atoms with Gasteiger partial charge in [0.2, 0.25) is 0 Å². The number of rotatable bonds is 5. The van der Waals surface area contributed by atoms with Gasteiger partial charge in [-0.15, -0.1) is 0 Å². The number of furan rings is 2. The Bertz CT molecular complexity index is 1060. The molecule has 0 radical (unpaired) electrons. The Morgan fingerprint density at radius 2 is 1.89 bits per heavy atom. The van der Waals surface area contributed by atoms with Crippen molar-refractivity contribution in [2.24, 2.45) is 0 Å². The second-order valence-corrected chi connectivity index (χ2v) is 6.25. The first-order valence-electron chi connectivity index (χ1n) is 8.63. The smallest absolute Gasteiger partial charge is 0.288 e. The minimum atomic E-state index is -0.407. The summed E-state index contributed by atoms with van der Waals surface area (Å²) in [5.74, 6) is 1.36. The minimum Gasteiger partial charge on any atom is -0.497 e. The molecule has 0 spiro atoms. The van der Waals surface area contributed by atoms with Gasteiger partial charge in [0.25, 0.3) is 5.91 Å². The summed E-state index contributed by atoms with van der Waals surface area (Å²) < 4.78 is 16.6. The predicted molar refractivity (Wildman–Crippen MR) is 102 cm³/mol. The zero-order chi connectivity index (χ0) is 18.8. The normalized spacial score (nSPS) is 12.1. The van der Waals surface area contributed by atoms with Crippen LogP contribution in [0.25, 0.3) is 11.0 Å². The molecule has 0 saturated heterocycles. The number of fused-ring (bicyclic) bond motifs is 1. The molecular weight excluding hydrogens is 342 g/mol. The number of nitrogens with one attached hydrogen (secondary N) is 1. The average Bonchev–Trinajstić information content (AvgIpc) is 3.35. The van der Waals surface area contributed by atoms with E-state index in [4.69, 9.17) is 13.6 Å². The van der Waals surface area contributed by atoms with Gasteiger partial charge in [0, 0.05) is 10.9 Å². The van der Waals surface area contributed by atoms with Crippen molar-refractivity contribution >= 4 is 16.9 Å². The van der Waals surface area contributed by atoms with E-state index in [1.165, 1.54) is 0 Å². The summed E-state index contributed by atoms with van der Waals surface area (Å²) in [7, 11) is 1.61. The first-order valence-corrected chi connectivity index (χ1v) is 8.63. The van der Waals surface area contributed by atoms with Gasteiger partial charge in [0.05, 0.1) is 13.4 Å². The summed E-state index contributed by atoms with van der Waals surface area (Å²) in [6, 6.07) is 18.4. The van der Waals surface area contributed by atoms with E-state index in [1.807, 2.05) is 55.5 Å². The minimum absolute atomic E-state index is 0.283. The molecule has 1 atom stereocenters. The Labute approximate surface area is 156 Å². The molecule has 0 aliphatic carbocycles. The average molecular weight is 361 g/mol. The molecule has 0 aliphatic rings. The van der Waals surface area contributed by atoms with E-state index in [9.17, 15) is 4.79 Å². The number of amides is 1. The van der Waals surface area contributed by atoms with Crippen molar-refractivity contribution in [1.29, 1.82) is 0 Å². The number of aryl methyl sites for hydroxylation is 1. The van der Waals surface area contributed by atoms with Gasteiger partial charge >= 0.3 is 0 Å². The van der Waals surface area contributed by atoms with Crippen molar-refractivity contribution in [2.75, 3.05) is 7.11 Å². The van der Waals surface area contributed by atoms with Crippen LogP contribution in [0.5, 0.6) is 5.75 Å². The molecule has 1 amide bonds. The third kappa shape index (κ3) is 3.19. The quantitative estimate of drug-likeness (QED) is 0.551. The fourth-order valence-electron chi connectivity index (χ4n) is 3.16. The topological polar surface area (TPSA) is 64.6 Å². The van der Waals surface area contributed by atoms with Crippen molar-refractivity contribution in [2.45, 2.75) is 13.0 Å². The molecule has 0 fully saturated rings. The second kappa shape index (κ2) is 7.03. The van der Waals surface area contributed by atoms with Gasteiger partial charge in [0.1, 0.15) is 23.1 Å². The van der Waals surface area contributed by atoms with E-state index in [0.29, 0.717) is 11.3 Å². The Morgan fingerprint density at radius 1 is 1.07 bits per heavy atom. The summed E-state index contributed by atoms with van der Waals surface area (Å²) in [6.45, 7) is 1.87. The molecule has 4 rings (SSSR count). The van der Waals surface area contributed by atoms with Crippen molar-refractivity contribution in [3.63, 3.8) is 0 Å². The lowest BCUT2D eigenvalue weighted by Gasteiger charge is -2.16. The largest absolute Gasteiger partial charge is 0.497 e. The lowest BCUT2D eigenvalue weighted by Crippen LogP contribution is -2.29. The fraction of sp³-hybridized carbons (Fsp3) is 0.136. The van der Waals surface area contributed by atoms with Crippen molar-refractivity contribution in [3.8, 4) is 5.75 Å². The lowest BCUT2D eigenvalue weighted by atomic mass is 10.0. The Kier molecular flexibility index (Phi) is 4.42. The van der Waals surface area contributed by atoms with Gasteiger partial charge in [0.15, 0.2) is 5.76 Å². The molecule has 4 aromatic rings. The number of hydrogen-bond acceptors (Lipinski definition) is 4. The van der Waals surface area contributed by atoms with Crippen molar-refractivity contribution in [3.05, 3.63) is 89.6 Å². The van der Waals surface area contributed by atoms with Crippen LogP contribution in [0.15, 0.2) is 75.8 Å². The van der Waals surface area contributed by atoms with Crippen LogP contribution in [0.3, 0.4) is 0 Å². The van der Waals surface area contributed by atoms with E-state index < -0.39 is 6.04 Å². The number of carbonyl (C=O) groups is 1. The number of carbonyl (C=O) groups excluding carboxylic acids is 1. The molecule has 136 valence electrons. The summed E-state index contributed by atoms with van der Waals surface area (Å²) in [5.41, 5.74) is 2.34. The van der Waals surface area contributed by atoms with E-state index >= 15 is 0 Å². The van der Waals surface area contributed by atoms with Crippen LogP contribution in [0.4, 0.5) is 0 Å². The zero-order valence-electron chi connectivity index (χ0n) is 15.1. The highest BCUT2D eigenvalue weighted by molar-refractivity contribution is 5.99. The monoisotopic (exact) mass is 361 g/mol. The third-order valence-electron chi connectivity index (χ3n) is 4.59. The summed E-state index contributed by atoms with van der Waals surface area (Å²) in [4.78, 5) is 13.0. The third-order valence-corrected chi connectivity index (χ3v) is 4.59. The molecule has 1 N–H and O–H groups in total. The van der Waals surface area contributed by atoms with Crippen LogP contribution in [0.2, 0.25) is 0 Å². The standard InChI is InChI=1S/C22H19NO4/c1-14-17-13-16(25-2)10-11-18(17)27-21(14)22(24)23-20(19-9-6-12-26-19)15-7-4-3-5-8-15/h3-13,20H,1-2H3,(H,23,24)/t20-/m1/s1. The molecule has 2 aromatic carbocycles. The van der Waals surface area contributed by atoms with Gasteiger partial charge < -0.3 is 18.9 Å². The second-order valence-electron chi connectivity index (χ2n) is 6.25. The van der Waals surface area contributed by atoms with Crippen LogP contribution in [-0.2, 0) is 0 Å². The maximum Gasteiger partial charge on any atom is 0.288 e.